The summed E-state index contributed by atoms with van der Waals surface area (Å²) in [5.41, 5.74) is -0.109. The van der Waals surface area contributed by atoms with Crippen LogP contribution in [-0.4, -0.2) is 69.5 Å². The largest absolute Gasteiger partial charge is 0.444 e. The molecule has 0 spiro atoms. The molecule has 220 valence electrons. The summed E-state index contributed by atoms with van der Waals surface area (Å²) in [6, 6.07) is 3.76. The quantitative estimate of drug-likeness (QED) is 0.254. The number of ether oxygens (including phenoxy) is 1. The van der Waals surface area contributed by atoms with Crippen LogP contribution in [0.15, 0.2) is 24.4 Å². The smallest absolute Gasteiger partial charge is 0.407 e. The molecule has 1 aliphatic rings. The number of rotatable bonds is 13. The van der Waals surface area contributed by atoms with E-state index in [9.17, 15) is 24.6 Å². The van der Waals surface area contributed by atoms with Crippen molar-refractivity contribution in [2.75, 3.05) is 6.54 Å². The maximum absolute atomic E-state index is 13.0. The lowest BCUT2D eigenvalue weighted by molar-refractivity contribution is -0.129. The van der Waals surface area contributed by atoms with Gasteiger partial charge in [0.05, 0.1) is 18.6 Å². The maximum atomic E-state index is 13.0. The molecule has 0 aliphatic heterocycles. The molecule has 1 aliphatic carbocycles. The summed E-state index contributed by atoms with van der Waals surface area (Å²) in [7, 11) is 0. The van der Waals surface area contributed by atoms with Crippen LogP contribution in [0.5, 0.6) is 0 Å². The number of alkyl carbamates (subject to hydrolysis) is 1. The molecule has 39 heavy (non-hydrogen) atoms. The van der Waals surface area contributed by atoms with E-state index in [2.05, 4.69) is 20.9 Å². The first-order valence-electron chi connectivity index (χ1n) is 14.2. The van der Waals surface area contributed by atoms with Crippen molar-refractivity contribution in [2.45, 2.75) is 116 Å². The number of pyridine rings is 1. The van der Waals surface area contributed by atoms with Crippen LogP contribution in [0.1, 0.15) is 85.3 Å². The Bertz CT molecular complexity index is 899. The fourth-order valence-corrected chi connectivity index (χ4v) is 4.86. The van der Waals surface area contributed by atoms with E-state index in [-0.39, 0.29) is 24.8 Å². The van der Waals surface area contributed by atoms with Crippen molar-refractivity contribution in [2.24, 2.45) is 11.8 Å². The second-order valence-electron chi connectivity index (χ2n) is 12.0. The summed E-state index contributed by atoms with van der Waals surface area (Å²) in [6.07, 6.45) is 4.62. The number of nitrogens with one attached hydrogen (secondary N) is 3. The lowest BCUT2D eigenvalue weighted by atomic mass is 9.83. The van der Waals surface area contributed by atoms with Crippen LogP contribution in [0.25, 0.3) is 0 Å². The Morgan fingerprint density at radius 1 is 1.08 bits per heavy atom. The van der Waals surface area contributed by atoms with Crippen LogP contribution in [0.3, 0.4) is 0 Å². The first kappa shape index (κ1) is 32.5. The highest BCUT2D eigenvalue weighted by atomic mass is 16.6. The van der Waals surface area contributed by atoms with E-state index in [1.807, 2.05) is 13.8 Å². The molecule has 0 bridgehead atoms. The molecule has 0 saturated heterocycles. The van der Waals surface area contributed by atoms with Gasteiger partial charge in [0, 0.05) is 18.4 Å². The number of hydrogen-bond acceptors (Lipinski definition) is 7. The number of amides is 3. The predicted molar refractivity (Wildman–Crippen MR) is 149 cm³/mol. The Labute approximate surface area is 232 Å². The third-order valence-corrected chi connectivity index (χ3v) is 6.73. The monoisotopic (exact) mass is 548 g/mol. The molecule has 10 nitrogen and oxygen atoms in total. The minimum absolute atomic E-state index is 0.0449. The van der Waals surface area contributed by atoms with Gasteiger partial charge in [0.25, 0.3) is 0 Å². The van der Waals surface area contributed by atoms with Gasteiger partial charge in [0.1, 0.15) is 17.7 Å². The number of aliphatic hydroxyl groups excluding tert-OH is 2. The van der Waals surface area contributed by atoms with Crippen molar-refractivity contribution in [1.82, 2.24) is 20.9 Å². The van der Waals surface area contributed by atoms with Gasteiger partial charge in [0.15, 0.2) is 0 Å². The lowest BCUT2D eigenvalue weighted by Crippen LogP contribution is -2.55. The first-order chi connectivity index (χ1) is 18.3. The van der Waals surface area contributed by atoms with Crippen molar-refractivity contribution >= 4 is 17.9 Å². The Morgan fingerprint density at radius 3 is 2.36 bits per heavy atom. The molecule has 0 aromatic carbocycles. The van der Waals surface area contributed by atoms with E-state index < -0.39 is 41.9 Å². The maximum Gasteiger partial charge on any atom is 0.407 e. The molecule has 3 amide bonds. The summed E-state index contributed by atoms with van der Waals surface area (Å²) < 4.78 is 5.38. The zero-order chi connectivity index (χ0) is 29.0. The highest BCUT2D eigenvalue weighted by molar-refractivity contribution is 5.88. The van der Waals surface area contributed by atoms with Gasteiger partial charge >= 0.3 is 6.09 Å². The molecule has 0 radical (unpaired) electrons. The molecule has 10 heteroatoms. The third kappa shape index (κ3) is 12.8. The Morgan fingerprint density at radius 2 is 1.77 bits per heavy atom. The van der Waals surface area contributed by atoms with E-state index in [4.69, 9.17) is 4.74 Å². The summed E-state index contributed by atoms with van der Waals surface area (Å²) in [5, 5.41) is 30.0. The topological polar surface area (TPSA) is 150 Å². The lowest BCUT2D eigenvalue weighted by Gasteiger charge is -2.33. The standard InChI is InChI=1S/C29H48N4O6/c1-19(2)15-23(32-25(35)17-21-13-9-10-14-30-21)27(37)31-18-24(34)26(36)22(16-20-11-7-6-8-12-20)33-28(38)39-29(3,4)5/h9-10,13-14,19-20,22-24,26,34,36H,6-8,11-12,15-18H2,1-5H3,(H,31,37)(H,32,35)(H,33,38)/t22-,23?,24-,26+/m0/s1. The van der Waals surface area contributed by atoms with Crippen LogP contribution >= 0.6 is 0 Å². The van der Waals surface area contributed by atoms with Crippen molar-refractivity contribution < 1.29 is 29.3 Å². The minimum Gasteiger partial charge on any atom is -0.444 e. The van der Waals surface area contributed by atoms with Crippen LogP contribution in [-0.2, 0) is 20.7 Å². The second kappa shape index (κ2) is 15.8. The highest BCUT2D eigenvalue weighted by Gasteiger charge is 2.33. The third-order valence-electron chi connectivity index (χ3n) is 6.73. The predicted octanol–water partition coefficient (Wildman–Crippen LogP) is 2.86. The number of carbonyl (C=O) groups is 3. The SMILES string of the molecule is CC(C)CC(NC(=O)Cc1ccccn1)C(=O)NC[C@H](O)[C@H](O)[C@H](CC1CCCCC1)NC(=O)OC(C)(C)C. The number of hydrogen-bond donors (Lipinski definition) is 5. The van der Waals surface area contributed by atoms with Crippen LogP contribution in [0.2, 0.25) is 0 Å². The molecule has 1 unspecified atom stereocenters. The van der Waals surface area contributed by atoms with Gasteiger partial charge in [-0.1, -0.05) is 52.0 Å². The molecule has 4 atom stereocenters. The van der Waals surface area contributed by atoms with Gasteiger partial charge in [-0.15, -0.1) is 0 Å². The summed E-state index contributed by atoms with van der Waals surface area (Å²) in [4.78, 5) is 42.2. The van der Waals surface area contributed by atoms with Gasteiger partial charge in [-0.25, -0.2) is 4.79 Å². The van der Waals surface area contributed by atoms with E-state index in [1.165, 1.54) is 6.42 Å². The number of carbonyl (C=O) groups excluding carboxylic acids is 3. The fraction of sp³-hybridized carbons (Fsp3) is 0.724. The second-order valence-corrected chi connectivity index (χ2v) is 12.0. The minimum atomic E-state index is -1.33. The number of nitrogens with zero attached hydrogens (tertiary/aromatic N) is 1. The van der Waals surface area contributed by atoms with Crippen LogP contribution in [0, 0.1) is 11.8 Å². The fourth-order valence-electron chi connectivity index (χ4n) is 4.86. The molecule has 2 rings (SSSR count). The average Bonchev–Trinajstić information content (AvgIpc) is 2.85. The summed E-state index contributed by atoms with van der Waals surface area (Å²) in [6.45, 7) is 8.93. The molecule has 1 aromatic rings. The van der Waals surface area contributed by atoms with E-state index >= 15 is 0 Å². The normalized spacial score (nSPS) is 17.5. The van der Waals surface area contributed by atoms with Crippen molar-refractivity contribution in [3.8, 4) is 0 Å². The van der Waals surface area contributed by atoms with Gasteiger partial charge in [0.2, 0.25) is 11.8 Å². The Kier molecular flexibility index (Phi) is 13.1. The zero-order valence-electron chi connectivity index (χ0n) is 24.1. The first-order valence-corrected chi connectivity index (χ1v) is 14.2. The summed E-state index contributed by atoms with van der Waals surface area (Å²) >= 11 is 0. The molecule has 1 heterocycles. The van der Waals surface area contributed by atoms with Crippen LogP contribution in [0.4, 0.5) is 4.79 Å². The number of aliphatic hydroxyl groups is 2. The van der Waals surface area contributed by atoms with E-state index in [0.717, 1.165) is 25.7 Å². The Hall–Kier alpha value is -2.72. The highest BCUT2D eigenvalue weighted by Crippen LogP contribution is 2.28. The molecular weight excluding hydrogens is 500 g/mol. The van der Waals surface area contributed by atoms with Crippen molar-refractivity contribution in [3.05, 3.63) is 30.1 Å². The van der Waals surface area contributed by atoms with Gasteiger partial charge < -0.3 is 30.9 Å². The summed E-state index contributed by atoms with van der Waals surface area (Å²) in [5.74, 6) is -0.332. The van der Waals surface area contributed by atoms with Crippen molar-refractivity contribution in [3.63, 3.8) is 0 Å². The molecule has 1 saturated carbocycles. The average molecular weight is 549 g/mol. The Balaban J connectivity index is 1.99. The molecule has 1 fully saturated rings. The number of aromatic nitrogens is 1. The zero-order valence-corrected chi connectivity index (χ0v) is 24.1. The van der Waals surface area contributed by atoms with E-state index in [1.54, 1.807) is 45.2 Å². The van der Waals surface area contributed by atoms with Crippen LogP contribution < -0.4 is 16.0 Å². The molecule has 5 N–H and O–H groups in total. The van der Waals surface area contributed by atoms with Gasteiger partial charge in [-0.3, -0.25) is 14.6 Å². The molecular formula is C29H48N4O6. The van der Waals surface area contributed by atoms with Crippen molar-refractivity contribution in [1.29, 1.82) is 0 Å². The van der Waals surface area contributed by atoms with Gasteiger partial charge in [-0.05, 0) is 57.6 Å². The van der Waals surface area contributed by atoms with Gasteiger partial charge in [-0.2, -0.15) is 0 Å². The molecule has 1 aromatic heterocycles. The van der Waals surface area contributed by atoms with E-state index in [0.29, 0.717) is 24.5 Å².